The molecule has 164 valence electrons. The summed E-state index contributed by atoms with van der Waals surface area (Å²) in [6.45, 7) is 1.17. The molecule has 0 radical (unpaired) electrons. The summed E-state index contributed by atoms with van der Waals surface area (Å²) in [5.74, 6) is 0.324. The number of carbonyl (C=O) groups excluding carboxylic acids is 2. The van der Waals surface area contributed by atoms with Gasteiger partial charge in [-0.2, -0.15) is 5.26 Å². The first-order chi connectivity index (χ1) is 15.6. The van der Waals surface area contributed by atoms with E-state index in [1.165, 1.54) is 32.1 Å². The van der Waals surface area contributed by atoms with Crippen molar-refractivity contribution in [2.45, 2.75) is 38.6 Å². The first kappa shape index (κ1) is 21.6. The second kappa shape index (κ2) is 9.69. The minimum atomic E-state index is -0.135. The van der Waals surface area contributed by atoms with Crippen LogP contribution >= 0.6 is 0 Å². The van der Waals surface area contributed by atoms with E-state index in [1.807, 2.05) is 34.9 Å². The number of carbonyl (C=O) groups is 2. The van der Waals surface area contributed by atoms with Gasteiger partial charge >= 0.3 is 0 Å². The lowest BCUT2D eigenvalue weighted by Gasteiger charge is -2.22. The fourth-order valence-corrected chi connectivity index (χ4v) is 4.49. The molecule has 1 aliphatic carbocycles. The monoisotopic (exact) mass is 428 g/mol. The molecule has 6 nitrogen and oxygen atoms in total. The zero-order chi connectivity index (χ0) is 22.5. The van der Waals surface area contributed by atoms with Crippen LogP contribution in [-0.4, -0.2) is 30.0 Å². The summed E-state index contributed by atoms with van der Waals surface area (Å²) in [6, 6.07) is 16.9. The SMILES string of the molecule is CNC(=O)c1ccc(Cn2c(C(=O)NCC3CCCCC3)cc3ccc(C#N)cc32)cc1. The predicted octanol–water partition coefficient (Wildman–Crippen LogP) is 4.23. The van der Waals surface area contributed by atoms with Gasteiger partial charge in [-0.1, -0.05) is 37.5 Å². The van der Waals surface area contributed by atoms with Crippen LogP contribution in [0.2, 0.25) is 0 Å². The number of nitrogens with zero attached hydrogens (tertiary/aromatic N) is 2. The Labute approximate surface area is 188 Å². The molecule has 0 saturated heterocycles. The Morgan fingerprint density at radius 3 is 2.47 bits per heavy atom. The fraction of sp³-hybridized carbons (Fsp3) is 0.346. The molecule has 2 aromatic carbocycles. The van der Waals surface area contributed by atoms with Gasteiger partial charge in [-0.25, -0.2) is 0 Å². The van der Waals surface area contributed by atoms with Gasteiger partial charge in [-0.05, 0) is 54.7 Å². The van der Waals surface area contributed by atoms with Crippen LogP contribution in [0.4, 0.5) is 0 Å². The van der Waals surface area contributed by atoms with E-state index in [0.29, 0.717) is 35.8 Å². The third-order valence-electron chi connectivity index (χ3n) is 6.33. The quantitative estimate of drug-likeness (QED) is 0.616. The Hall–Kier alpha value is -3.59. The average Bonchev–Trinajstić information content (AvgIpc) is 3.20. The van der Waals surface area contributed by atoms with Crippen LogP contribution in [0.1, 0.15) is 64.1 Å². The van der Waals surface area contributed by atoms with Crippen molar-refractivity contribution in [1.82, 2.24) is 15.2 Å². The number of amides is 2. The van der Waals surface area contributed by atoms with Gasteiger partial charge in [0, 0.05) is 31.1 Å². The summed E-state index contributed by atoms with van der Waals surface area (Å²) < 4.78 is 1.96. The number of rotatable bonds is 6. The van der Waals surface area contributed by atoms with Crippen molar-refractivity contribution in [2.24, 2.45) is 5.92 Å². The molecule has 2 N–H and O–H groups in total. The average molecular weight is 429 g/mol. The van der Waals surface area contributed by atoms with E-state index in [4.69, 9.17) is 0 Å². The molecule has 32 heavy (non-hydrogen) atoms. The van der Waals surface area contributed by atoms with E-state index >= 15 is 0 Å². The number of fused-ring (bicyclic) bond motifs is 1. The van der Waals surface area contributed by atoms with Gasteiger partial charge in [0.05, 0.1) is 17.1 Å². The van der Waals surface area contributed by atoms with Crippen LogP contribution in [0.25, 0.3) is 10.9 Å². The number of nitriles is 1. The van der Waals surface area contributed by atoms with Crippen molar-refractivity contribution < 1.29 is 9.59 Å². The lowest BCUT2D eigenvalue weighted by molar-refractivity contribution is 0.0933. The van der Waals surface area contributed by atoms with E-state index in [9.17, 15) is 14.9 Å². The summed E-state index contributed by atoms with van der Waals surface area (Å²) in [5, 5.41) is 16.0. The third kappa shape index (κ3) is 4.67. The summed E-state index contributed by atoms with van der Waals surface area (Å²) in [6.07, 6.45) is 6.12. The minimum absolute atomic E-state index is 0.0905. The van der Waals surface area contributed by atoms with Crippen LogP contribution in [0.5, 0.6) is 0 Å². The largest absolute Gasteiger partial charge is 0.355 e. The Morgan fingerprint density at radius 1 is 1.03 bits per heavy atom. The lowest BCUT2D eigenvalue weighted by Crippen LogP contribution is -2.31. The van der Waals surface area contributed by atoms with Crippen molar-refractivity contribution >= 4 is 22.7 Å². The van der Waals surface area contributed by atoms with Crippen molar-refractivity contribution in [2.75, 3.05) is 13.6 Å². The standard InChI is InChI=1S/C26H28N4O2/c1-28-25(31)21-10-7-19(8-11-21)17-30-23-13-20(15-27)9-12-22(23)14-24(30)26(32)29-16-18-5-3-2-4-6-18/h7-14,18H,2-6,16-17H2,1H3,(H,28,31)(H,29,32). The zero-order valence-electron chi connectivity index (χ0n) is 18.4. The summed E-state index contributed by atoms with van der Waals surface area (Å²) >= 11 is 0. The van der Waals surface area contributed by atoms with Gasteiger partial charge in [0.25, 0.3) is 11.8 Å². The third-order valence-corrected chi connectivity index (χ3v) is 6.33. The lowest BCUT2D eigenvalue weighted by atomic mass is 9.89. The molecule has 6 heteroatoms. The topological polar surface area (TPSA) is 86.9 Å². The maximum Gasteiger partial charge on any atom is 0.267 e. The second-order valence-corrected chi connectivity index (χ2v) is 8.49. The van der Waals surface area contributed by atoms with Gasteiger partial charge < -0.3 is 15.2 Å². The predicted molar refractivity (Wildman–Crippen MR) is 124 cm³/mol. The first-order valence-electron chi connectivity index (χ1n) is 11.2. The number of hydrogen-bond donors (Lipinski definition) is 2. The molecule has 1 fully saturated rings. The maximum atomic E-state index is 13.2. The summed E-state index contributed by atoms with van der Waals surface area (Å²) in [4.78, 5) is 25.0. The van der Waals surface area contributed by atoms with Gasteiger partial charge in [0.2, 0.25) is 0 Å². The highest BCUT2D eigenvalue weighted by Gasteiger charge is 2.19. The molecule has 0 aliphatic heterocycles. The van der Waals surface area contributed by atoms with Crippen LogP contribution in [-0.2, 0) is 6.54 Å². The normalized spacial score (nSPS) is 14.1. The molecule has 1 saturated carbocycles. The molecule has 0 bridgehead atoms. The molecule has 0 atom stereocenters. The Kier molecular flexibility index (Phi) is 6.55. The van der Waals surface area contributed by atoms with Crippen LogP contribution in [0.15, 0.2) is 48.5 Å². The molecule has 0 unspecified atom stereocenters. The molecular weight excluding hydrogens is 400 g/mol. The number of aromatic nitrogens is 1. The maximum absolute atomic E-state index is 13.2. The zero-order valence-corrected chi connectivity index (χ0v) is 18.4. The van der Waals surface area contributed by atoms with Gasteiger partial charge in [0.1, 0.15) is 5.69 Å². The number of benzene rings is 2. The second-order valence-electron chi connectivity index (χ2n) is 8.49. The van der Waals surface area contributed by atoms with Crippen molar-refractivity contribution in [3.05, 3.63) is 70.9 Å². The Bertz CT molecular complexity index is 1160. The highest BCUT2D eigenvalue weighted by molar-refractivity contribution is 5.99. The van der Waals surface area contributed by atoms with E-state index in [-0.39, 0.29) is 11.8 Å². The van der Waals surface area contributed by atoms with Crippen LogP contribution in [0, 0.1) is 17.2 Å². The number of hydrogen-bond acceptors (Lipinski definition) is 3. The molecule has 1 aromatic heterocycles. The Morgan fingerprint density at radius 2 is 1.78 bits per heavy atom. The smallest absolute Gasteiger partial charge is 0.267 e. The van der Waals surface area contributed by atoms with E-state index in [1.54, 1.807) is 25.2 Å². The number of nitrogens with one attached hydrogen (secondary N) is 2. The fourth-order valence-electron chi connectivity index (χ4n) is 4.49. The van der Waals surface area contributed by atoms with E-state index in [0.717, 1.165) is 16.5 Å². The highest BCUT2D eigenvalue weighted by Crippen LogP contribution is 2.25. The van der Waals surface area contributed by atoms with Crippen molar-refractivity contribution in [3.8, 4) is 6.07 Å². The molecule has 1 aliphatic rings. The molecule has 2 amide bonds. The molecule has 3 aromatic rings. The molecule has 4 rings (SSSR count). The van der Waals surface area contributed by atoms with Gasteiger partial charge in [-0.15, -0.1) is 0 Å². The first-order valence-corrected chi connectivity index (χ1v) is 11.2. The van der Waals surface area contributed by atoms with Gasteiger partial charge in [-0.3, -0.25) is 9.59 Å². The minimum Gasteiger partial charge on any atom is -0.355 e. The highest BCUT2D eigenvalue weighted by atomic mass is 16.2. The van der Waals surface area contributed by atoms with Gasteiger partial charge in [0.15, 0.2) is 0 Å². The van der Waals surface area contributed by atoms with E-state index < -0.39 is 0 Å². The summed E-state index contributed by atoms with van der Waals surface area (Å²) in [5.41, 5.74) is 3.55. The van der Waals surface area contributed by atoms with Crippen molar-refractivity contribution in [1.29, 1.82) is 5.26 Å². The van der Waals surface area contributed by atoms with Crippen molar-refractivity contribution in [3.63, 3.8) is 0 Å². The molecular formula is C26H28N4O2. The Balaban J connectivity index is 1.63. The molecule has 0 spiro atoms. The van der Waals surface area contributed by atoms with Crippen LogP contribution in [0.3, 0.4) is 0 Å². The van der Waals surface area contributed by atoms with E-state index in [2.05, 4.69) is 16.7 Å². The summed E-state index contributed by atoms with van der Waals surface area (Å²) in [7, 11) is 1.60. The van der Waals surface area contributed by atoms with Crippen LogP contribution < -0.4 is 10.6 Å². The molecule has 1 heterocycles.